The molecule has 4 aromatic rings. The summed E-state index contributed by atoms with van der Waals surface area (Å²) in [5, 5.41) is 34.5. The van der Waals surface area contributed by atoms with E-state index in [1.165, 1.54) is 34.0 Å². The zero-order valence-corrected chi connectivity index (χ0v) is 18.0. The first-order chi connectivity index (χ1) is 16.7. The number of aromatic hydroxyl groups is 2. The van der Waals surface area contributed by atoms with E-state index >= 15 is 0 Å². The number of nitrogens with zero attached hydrogens (tertiary/aromatic N) is 4. The molecule has 3 heterocycles. The Labute approximate surface area is 196 Å². The Balaban J connectivity index is 1.40. The summed E-state index contributed by atoms with van der Waals surface area (Å²) < 4.78 is 40.0. The van der Waals surface area contributed by atoms with Crippen molar-refractivity contribution in [3.8, 4) is 11.5 Å². The van der Waals surface area contributed by atoms with Crippen LogP contribution in [0.3, 0.4) is 0 Å². The molecule has 2 aromatic heterocycles. The minimum absolute atomic E-state index is 0.0387. The molecule has 1 amide bonds. The van der Waals surface area contributed by atoms with Crippen LogP contribution >= 0.6 is 0 Å². The van der Waals surface area contributed by atoms with E-state index in [2.05, 4.69) is 20.6 Å². The highest BCUT2D eigenvalue weighted by atomic mass is 19.4. The van der Waals surface area contributed by atoms with Crippen LogP contribution in [0.2, 0.25) is 0 Å². The van der Waals surface area contributed by atoms with Gasteiger partial charge in [-0.2, -0.15) is 23.4 Å². The van der Waals surface area contributed by atoms with Crippen LogP contribution in [-0.2, 0) is 25.8 Å². The second-order valence-corrected chi connectivity index (χ2v) is 8.12. The number of carbonyl (C=O) groups is 1. The molecule has 0 spiro atoms. The Morgan fingerprint density at radius 2 is 1.89 bits per heavy atom. The lowest BCUT2D eigenvalue weighted by molar-refractivity contribution is -0.137. The number of nitrogens with one attached hydrogen (secondary N) is 2. The van der Waals surface area contributed by atoms with Crippen molar-refractivity contribution in [1.82, 2.24) is 24.9 Å². The van der Waals surface area contributed by atoms with E-state index in [-0.39, 0.29) is 23.5 Å². The Hall–Kier alpha value is -4.48. The molecule has 0 saturated carbocycles. The fourth-order valence-electron chi connectivity index (χ4n) is 3.98. The van der Waals surface area contributed by atoms with Crippen LogP contribution in [0.5, 0.6) is 11.5 Å². The molecular weight excluding hydrogens is 465 g/mol. The molecule has 9 nitrogen and oxygen atoms in total. The zero-order valence-electron chi connectivity index (χ0n) is 18.0. The van der Waals surface area contributed by atoms with Gasteiger partial charge < -0.3 is 20.4 Å². The van der Waals surface area contributed by atoms with E-state index in [1.807, 2.05) is 0 Å². The number of rotatable bonds is 5. The summed E-state index contributed by atoms with van der Waals surface area (Å²) in [4.78, 5) is 14.8. The molecular formula is C23H19F3N6O3. The molecule has 180 valence electrons. The van der Waals surface area contributed by atoms with E-state index < -0.39 is 23.4 Å². The summed E-state index contributed by atoms with van der Waals surface area (Å²) in [6, 6.07) is 8.70. The summed E-state index contributed by atoms with van der Waals surface area (Å²) in [6.45, 7) is 0.755. The Kier molecular flexibility index (Phi) is 5.35. The van der Waals surface area contributed by atoms with Gasteiger partial charge >= 0.3 is 6.18 Å². The van der Waals surface area contributed by atoms with Gasteiger partial charge in [0.15, 0.2) is 0 Å². The molecule has 5 rings (SSSR count). The zero-order chi connectivity index (χ0) is 24.7. The lowest BCUT2D eigenvalue weighted by atomic mass is 10.1. The maximum atomic E-state index is 13.3. The van der Waals surface area contributed by atoms with Crippen molar-refractivity contribution in [3.63, 3.8) is 0 Å². The quantitative estimate of drug-likeness (QED) is 0.340. The van der Waals surface area contributed by atoms with Crippen LogP contribution in [0.25, 0.3) is 0 Å². The predicted octanol–water partition coefficient (Wildman–Crippen LogP) is 3.98. The molecule has 35 heavy (non-hydrogen) atoms. The number of carbonyl (C=O) groups excluding carboxylic acids is 1. The molecule has 0 fully saturated rings. The van der Waals surface area contributed by atoms with Gasteiger partial charge in [-0.1, -0.05) is 12.1 Å². The molecule has 2 aromatic carbocycles. The van der Waals surface area contributed by atoms with Crippen LogP contribution in [0.4, 0.5) is 24.7 Å². The van der Waals surface area contributed by atoms with E-state index in [9.17, 15) is 28.2 Å². The fourth-order valence-corrected chi connectivity index (χ4v) is 3.98. The minimum atomic E-state index is -4.43. The van der Waals surface area contributed by atoms with Gasteiger partial charge in [0.25, 0.3) is 5.91 Å². The maximum Gasteiger partial charge on any atom is 0.416 e. The standard InChI is InChI=1S/C23H19F3N6O3/c24-23(25,26)15-3-1-13(2-4-15)10-32-20(5-6-28-32)29-17-7-16(33)8-19(34)21(17)22(35)31-11-14-9-27-30-18(14)12-31/h1-9,29,33-34H,10-12H2,(H,27,30). The average Bonchev–Trinajstić information content (AvgIpc) is 3.50. The third kappa shape index (κ3) is 4.37. The number of fused-ring (bicyclic) bond motifs is 1. The smallest absolute Gasteiger partial charge is 0.416 e. The number of hydrogen-bond donors (Lipinski definition) is 4. The topological polar surface area (TPSA) is 119 Å². The van der Waals surface area contributed by atoms with Crippen molar-refractivity contribution in [2.75, 3.05) is 5.32 Å². The van der Waals surface area contributed by atoms with Crippen molar-refractivity contribution < 1.29 is 28.2 Å². The molecule has 0 radical (unpaired) electrons. The number of benzene rings is 2. The molecule has 1 aliphatic heterocycles. The van der Waals surface area contributed by atoms with Gasteiger partial charge in [0.1, 0.15) is 22.9 Å². The number of amides is 1. The SMILES string of the molecule is O=C(c1c(O)cc(O)cc1Nc1ccnn1Cc1ccc(C(F)(F)F)cc1)N1Cc2cn[nH]c2C1. The number of aromatic nitrogens is 4. The molecule has 4 N–H and O–H groups in total. The van der Waals surface area contributed by atoms with Crippen LogP contribution in [0.15, 0.2) is 54.9 Å². The Morgan fingerprint density at radius 1 is 1.11 bits per heavy atom. The molecule has 0 aliphatic carbocycles. The molecule has 0 bridgehead atoms. The van der Waals surface area contributed by atoms with Crippen molar-refractivity contribution in [2.24, 2.45) is 0 Å². The molecule has 12 heteroatoms. The summed E-state index contributed by atoms with van der Waals surface area (Å²) in [7, 11) is 0. The minimum Gasteiger partial charge on any atom is -0.508 e. The number of halogens is 3. The van der Waals surface area contributed by atoms with Crippen molar-refractivity contribution in [1.29, 1.82) is 0 Å². The molecule has 0 saturated heterocycles. The first-order valence-electron chi connectivity index (χ1n) is 10.5. The summed E-state index contributed by atoms with van der Waals surface area (Å²) in [5.74, 6) is -0.714. The molecule has 0 atom stereocenters. The fraction of sp³-hybridized carbons (Fsp3) is 0.174. The molecule has 0 unspecified atom stereocenters. The van der Waals surface area contributed by atoms with Crippen LogP contribution in [-0.4, -0.2) is 41.0 Å². The summed E-state index contributed by atoms with van der Waals surface area (Å²) in [5.41, 5.74) is 1.62. The Morgan fingerprint density at radius 3 is 2.60 bits per heavy atom. The highest BCUT2D eigenvalue weighted by Gasteiger charge is 2.31. The first-order valence-corrected chi connectivity index (χ1v) is 10.5. The first kappa shape index (κ1) is 22.3. The highest BCUT2D eigenvalue weighted by molar-refractivity contribution is 6.03. The number of anilines is 2. The van der Waals surface area contributed by atoms with Gasteiger partial charge in [-0.15, -0.1) is 0 Å². The number of phenols is 2. The number of phenolic OH excluding ortho intramolecular Hbond substituents is 2. The van der Waals surface area contributed by atoms with Gasteiger partial charge in [-0.25, -0.2) is 4.68 Å². The predicted molar refractivity (Wildman–Crippen MR) is 118 cm³/mol. The highest BCUT2D eigenvalue weighted by Crippen LogP contribution is 2.36. The molecule has 1 aliphatic rings. The number of alkyl halides is 3. The number of aromatic amines is 1. The number of hydrogen-bond acceptors (Lipinski definition) is 6. The lowest BCUT2D eigenvalue weighted by Crippen LogP contribution is -2.26. The third-order valence-corrected chi connectivity index (χ3v) is 5.71. The van der Waals surface area contributed by atoms with E-state index in [4.69, 9.17) is 0 Å². The van der Waals surface area contributed by atoms with Gasteiger partial charge in [0.05, 0.1) is 42.4 Å². The third-order valence-electron chi connectivity index (χ3n) is 5.71. The monoisotopic (exact) mass is 484 g/mol. The van der Waals surface area contributed by atoms with Gasteiger partial charge in [0.2, 0.25) is 0 Å². The summed E-state index contributed by atoms with van der Waals surface area (Å²) in [6.07, 6.45) is -1.31. The second-order valence-electron chi connectivity index (χ2n) is 8.12. The Bertz CT molecular complexity index is 1370. The van der Waals surface area contributed by atoms with Crippen molar-refractivity contribution >= 4 is 17.4 Å². The van der Waals surface area contributed by atoms with Gasteiger partial charge in [-0.05, 0) is 17.7 Å². The van der Waals surface area contributed by atoms with E-state index in [0.29, 0.717) is 24.5 Å². The van der Waals surface area contributed by atoms with Gasteiger partial charge in [0, 0.05) is 30.3 Å². The van der Waals surface area contributed by atoms with Crippen molar-refractivity contribution in [3.05, 3.63) is 82.8 Å². The summed E-state index contributed by atoms with van der Waals surface area (Å²) >= 11 is 0. The van der Waals surface area contributed by atoms with Crippen LogP contribution in [0.1, 0.15) is 32.7 Å². The largest absolute Gasteiger partial charge is 0.508 e. The normalized spacial score (nSPS) is 13.2. The second kappa shape index (κ2) is 8.38. The number of H-pyrrole nitrogens is 1. The van der Waals surface area contributed by atoms with Crippen molar-refractivity contribution in [2.45, 2.75) is 25.8 Å². The van der Waals surface area contributed by atoms with Gasteiger partial charge in [-0.3, -0.25) is 9.89 Å². The van der Waals surface area contributed by atoms with E-state index in [0.717, 1.165) is 29.5 Å². The lowest BCUT2D eigenvalue weighted by Gasteiger charge is -2.20. The average molecular weight is 484 g/mol. The van der Waals surface area contributed by atoms with E-state index in [1.54, 1.807) is 12.3 Å². The van der Waals surface area contributed by atoms with Crippen LogP contribution in [0, 0.1) is 0 Å². The maximum absolute atomic E-state index is 13.3. The van der Waals surface area contributed by atoms with Crippen LogP contribution < -0.4 is 5.32 Å².